The minimum absolute atomic E-state index is 0.0349. The topological polar surface area (TPSA) is 58.6 Å². The first-order valence-corrected chi connectivity index (χ1v) is 7.23. The Morgan fingerprint density at radius 2 is 2.10 bits per heavy atom. The molecule has 1 saturated heterocycles. The van der Waals surface area contributed by atoms with E-state index in [1.165, 1.54) is 0 Å². The van der Waals surface area contributed by atoms with Gasteiger partial charge in [0.05, 0.1) is 19.1 Å². The number of ether oxygens (including phenoxy) is 1. The fourth-order valence-electron chi connectivity index (χ4n) is 2.59. The molecule has 0 bridgehead atoms. The van der Waals surface area contributed by atoms with Gasteiger partial charge in [0.25, 0.3) is 0 Å². The fourth-order valence-corrected chi connectivity index (χ4v) is 2.59. The monoisotopic (exact) mass is 290 g/mol. The zero-order valence-corrected chi connectivity index (χ0v) is 12.8. The first-order valence-electron chi connectivity index (χ1n) is 7.23. The average Bonchev–Trinajstić information content (AvgIpc) is 2.84. The summed E-state index contributed by atoms with van der Waals surface area (Å²) in [4.78, 5) is 25.4. The van der Waals surface area contributed by atoms with Crippen molar-refractivity contribution in [1.29, 1.82) is 0 Å². The third kappa shape index (κ3) is 3.54. The normalized spacial score (nSPS) is 19.5. The molecule has 0 aromatic heterocycles. The smallest absolute Gasteiger partial charge is 0.225 e. The number of hydrogen-bond donors (Lipinski definition) is 1. The van der Waals surface area contributed by atoms with Crippen molar-refractivity contribution in [2.45, 2.75) is 25.8 Å². The zero-order chi connectivity index (χ0) is 15.4. The number of likely N-dealkylation sites (tertiary alicyclic amines) is 1. The SMILES string of the molecule is CC[C@@H](NC(=O)[C@H]1CC(=O)N(C)C1)c1ccc(OC)cc1. The van der Waals surface area contributed by atoms with Crippen LogP contribution in [0.25, 0.3) is 0 Å². The van der Waals surface area contributed by atoms with Crippen LogP contribution in [0.15, 0.2) is 24.3 Å². The third-order valence-electron chi connectivity index (χ3n) is 3.95. The van der Waals surface area contributed by atoms with Crippen LogP contribution in [0, 0.1) is 5.92 Å². The second-order valence-corrected chi connectivity index (χ2v) is 5.42. The summed E-state index contributed by atoms with van der Waals surface area (Å²) in [5, 5.41) is 3.04. The quantitative estimate of drug-likeness (QED) is 0.898. The number of nitrogens with one attached hydrogen (secondary N) is 1. The molecule has 2 rings (SSSR count). The minimum Gasteiger partial charge on any atom is -0.497 e. The molecule has 1 aromatic rings. The Hall–Kier alpha value is -2.04. The third-order valence-corrected chi connectivity index (χ3v) is 3.95. The summed E-state index contributed by atoms with van der Waals surface area (Å²) >= 11 is 0. The number of amides is 2. The number of nitrogens with zero attached hydrogens (tertiary/aromatic N) is 1. The summed E-state index contributed by atoms with van der Waals surface area (Å²) in [6, 6.07) is 7.65. The van der Waals surface area contributed by atoms with Gasteiger partial charge in [-0.3, -0.25) is 9.59 Å². The van der Waals surface area contributed by atoms with Gasteiger partial charge in [0, 0.05) is 20.0 Å². The molecule has 2 amide bonds. The van der Waals surface area contributed by atoms with Gasteiger partial charge in [0.1, 0.15) is 5.75 Å². The van der Waals surface area contributed by atoms with E-state index in [0.29, 0.717) is 13.0 Å². The lowest BCUT2D eigenvalue weighted by Crippen LogP contribution is -2.34. The van der Waals surface area contributed by atoms with Crippen molar-refractivity contribution in [3.63, 3.8) is 0 Å². The highest BCUT2D eigenvalue weighted by molar-refractivity contribution is 5.89. The van der Waals surface area contributed by atoms with Crippen molar-refractivity contribution < 1.29 is 14.3 Å². The standard InChI is InChI=1S/C16H22N2O3/c1-4-14(11-5-7-13(21-3)8-6-11)17-16(20)12-9-15(19)18(2)10-12/h5-8,12,14H,4,9-10H2,1-3H3,(H,17,20)/t12-,14+/m0/s1. The average molecular weight is 290 g/mol. The number of carbonyl (C=O) groups is 2. The van der Waals surface area contributed by atoms with E-state index in [2.05, 4.69) is 5.32 Å². The predicted octanol–water partition coefficient (Wildman–Crippen LogP) is 1.74. The van der Waals surface area contributed by atoms with Gasteiger partial charge in [-0.15, -0.1) is 0 Å². The molecule has 1 N–H and O–H groups in total. The lowest BCUT2D eigenvalue weighted by Gasteiger charge is -2.20. The molecule has 1 heterocycles. The molecule has 1 aromatic carbocycles. The predicted molar refractivity (Wildman–Crippen MR) is 79.9 cm³/mol. The molecular formula is C16H22N2O3. The first kappa shape index (κ1) is 15.4. The van der Waals surface area contributed by atoms with Crippen molar-refractivity contribution in [2.24, 2.45) is 5.92 Å². The number of benzene rings is 1. The number of methoxy groups -OCH3 is 1. The van der Waals surface area contributed by atoms with Crippen molar-refractivity contribution in [3.8, 4) is 5.75 Å². The summed E-state index contributed by atoms with van der Waals surface area (Å²) in [6.07, 6.45) is 1.11. The molecule has 0 aliphatic carbocycles. The summed E-state index contributed by atoms with van der Waals surface area (Å²) < 4.78 is 5.14. The number of hydrogen-bond acceptors (Lipinski definition) is 3. The number of carbonyl (C=O) groups excluding carboxylic acids is 2. The Balaban J connectivity index is 2.01. The van der Waals surface area contributed by atoms with Gasteiger partial charge in [-0.25, -0.2) is 0 Å². The van der Waals surface area contributed by atoms with Crippen LogP contribution < -0.4 is 10.1 Å². The Bertz CT molecular complexity index is 513. The largest absolute Gasteiger partial charge is 0.497 e. The van der Waals surface area contributed by atoms with Crippen LogP contribution in [0.5, 0.6) is 5.75 Å². The van der Waals surface area contributed by atoms with Crippen LogP contribution in [0.3, 0.4) is 0 Å². The molecule has 1 fully saturated rings. The van der Waals surface area contributed by atoms with Crippen LogP contribution in [0.4, 0.5) is 0 Å². The minimum atomic E-state index is -0.241. The van der Waals surface area contributed by atoms with E-state index in [4.69, 9.17) is 4.74 Å². The van der Waals surface area contributed by atoms with Gasteiger partial charge in [0.15, 0.2) is 0 Å². The Kier molecular flexibility index (Phi) is 4.83. The molecule has 0 unspecified atom stereocenters. The van der Waals surface area contributed by atoms with Crippen LogP contribution in [-0.2, 0) is 9.59 Å². The molecule has 1 aliphatic heterocycles. The van der Waals surface area contributed by atoms with Crippen LogP contribution in [-0.4, -0.2) is 37.4 Å². The second kappa shape index (κ2) is 6.61. The van der Waals surface area contributed by atoms with Gasteiger partial charge < -0.3 is 15.0 Å². The van der Waals surface area contributed by atoms with Crippen molar-refractivity contribution >= 4 is 11.8 Å². The van der Waals surface area contributed by atoms with Crippen molar-refractivity contribution in [2.75, 3.05) is 20.7 Å². The molecule has 21 heavy (non-hydrogen) atoms. The first-order chi connectivity index (χ1) is 10.0. The second-order valence-electron chi connectivity index (χ2n) is 5.42. The highest BCUT2D eigenvalue weighted by Crippen LogP contribution is 2.22. The summed E-state index contributed by atoms with van der Waals surface area (Å²) in [7, 11) is 3.36. The lowest BCUT2D eigenvalue weighted by molar-refractivity contribution is -0.128. The summed E-state index contributed by atoms with van der Waals surface area (Å²) in [5.41, 5.74) is 1.05. The highest BCUT2D eigenvalue weighted by Gasteiger charge is 2.32. The van der Waals surface area contributed by atoms with Crippen LogP contribution >= 0.6 is 0 Å². The molecule has 0 radical (unpaired) electrons. The van der Waals surface area contributed by atoms with E-state index in [9.17, 15) is 9.59 Å². The van der Waals surface area contributed by atoms with Crippen molar-refractivity contribution in [1.82, 2.24) is 10.2 Å². The fraction of sp³-hybridized carbons (Fsp3) is 0.500. The van der Waals surface area contributed by atoms with E-state index < -0.39 is 0 Å². The molecular weight excluding hydrogens is 268 g/mol. The van der Waals surface area contributed by atoms with E-state index in [0.717, 1.165) is 17.7 Å². The Labute approximate surface area is 125 Å². The Morgan fingerprint density at radius 3 is 2.57 bits per heavy atom. The van der Waals surface area contributed by atoms with Crippen LogP contribution in [0.1, 0.15) is 31.4 Å². The highest BCUT2D eigenvalue weighted by atomic mass is 16.5. The van der Waals surface area contributed by atoms with Crippen LogP contribution in [0.2, 0.25) is 0 Å². The van der Waals surface area contributed by atoms with Gasteiger partial charge >= 0.3 is 0 Å². The lowest BCUT2D eigenvalue weighted by atomic mass is 10.0. The van der Waals surface area contributed by atoms with E-state index >= 15 is 0 Å². The molecule has 114 valence electrons. The summed E-state index contributed by atoms with van der Waals surface area (Å²) in [6.45, 7) is 2.53. The van der Waals surface area contributed by atoms with Crippen molar-refractivity contribution in [3.05, 3.63) is 29.8 Å². The van der Waals surface area contributed by atoms with Gasteiger partial charge in [-0.2, -0.15) is 0 Å². The molecule has 5 heteroatoms. The summed E-state index contributed by atoms with van der Waals surface area (Å²) in [5.74, 6) is 0.542. The zero-order valence-electron chi connectivity index (χ0n) is 12.8. The number of rotatable bonds is 5. The van der Waals surface area contributed by atoms with Gasteiger partial charge in [0.2, 0.25) is 11.8 Å². The molecule has 0 spiro atoms. The molecule has 5 nitrogen and oxygen atoms in total. The maximum Gasteiger partial charge on any atom is 0.225 e. The maximum absolute atomic E-state index is 12.3. The van der Waals surface area contributed by atoms with E-state index in [1.807, 2.05) is 31.2 Å². The molecule has 1 aliphatic rings. The van der Waals surface area contributed by atoms with E-state index in [-0.39, 0.29) is 23.8 Å². The molecule has 0 saturated carbocycles. The van der Waals surface area contributed by atoms with Gasteiger partial charge in [-0.1, -0.05) is 19.1 Å². The maximum atomic E-state index is 12.3. The Morgan fingerprint density at radius 1 is 1.43 bits per heavy atom. The van der Waals surface area contributed by atoms with E-state index in [1.54, 1.807) is 19.1 Å². The van der Waals surface area contributed by atoms with Gasteiger partial charge in [-0.05, 0) is 24.1 Å². The molecule has 2 atom stereocenters.